The van der Waals surface area contributed by atoms with E-state index < -0.39 is 0 Å². The van der Waals surface area contributed by atoms with Gasteiger partial charge in [-0.1, -0.05) is 6.07 Å². The van der Waals surface area contributed by atoms with Crippen LogP contribution in [0.25, 0.3) is 11.4 Å². The minimum Gasteiger partial charge on any atom is -0.494 e. The molecule has 0 fully saturated rings. The lowest BCUT2D eigenvalue weighted by atomic mass is 10.1. The van der Waals surface area contributed by atoms with Gasteiger partial charge in [-0.3, -0.25) is 0 Å². The molecule has 0 atom stereocenters. The molecule has 0 spiro atoms. The maximum atomic E-state index is 5.77. The van der Waals surface area contributed by atoms with Gasteiger partial charge in [0.05, 0.1) is 25.4 Å². The molecule has 78 valence electrons. The van der Waals surface area contributed by atoms with E-state index in [9.17, 15) is 0 Å². The average Bonchev–Trinajstić information content (AvgIpc) is 2.64. The fourth-order valence-electron chi connectivity index (χ4n) is 1.35. The third-order valence-electron chi connectivity index (χ3n) is 2.00. The summed E-state index contributed by atoms with van der Waals surface area (Å²) >= 11 is 0. The van der Waals surface area contributed by atoms with E-state index >= 15 is 0 Å². The highest BCUT2D eigenvalue weighted by Crippen LogP contribution is 2.32. The molecule has 6 nitrogen and oxygen atoms in total. The number of aromatic nitrogens is 4. The van der Waals surface area contributed by atoms with Gasteiger partial charge >= 0.3 is 0 Å². The van der Waals surface area contributed by atoms with Gasteiger partial charge in [0, 0.05) is 0 Å². The van der Waals surface area contributed by atoms with Gasteiger partial charge in [-0.05, 0) is 17.3 Å². The Morgan fingerprint density at radius 1 is 1.40 bits per heavy atom. The number of rotatable bonds is 2. The van der Waals surface area contributed by atoms with Crippen molar-refractivity contribution in [1.29, 1.82) is 0 Å². The number of hydrogen-bond donors (Lipinski definition) is 1. The molecule has 2 rings (SSSR count). The summed E-state index contributed by atoms with van der Waals surface area (Å²) in [6.45, 7) is 0. The van der Waals surface area contributed by atoms with E-state index in [1.54, 1.807) is 20.2 Å². The molecule has 0 amide bonds. The molecule has 0 saturated heterocycles. The molecule has 0 aliphatic heterocycles. The molecule has 0 unspecified atom stereocenters. The highest BCUT2D eigenvalue weighted by atomic mass is 16.5. The number of ether oxygens (including phenoxy) is 1. The van der Waals surface area contributed by atoms with Crippen molar-refractivity contribution in [3.8, 4) is 17.1 Å². The Balaban J connectivity index is 2.57. The molecule has 0 aliphatic rings. The zero-order valence-electron chi connectivity index (χ0n) is 8.51. The lowest BCUT2D eigenvalue weighted by Gasteiger charge is -2.07. The predicted octanol–water partition coefficient (Wildman–Crippen LogP) is 0.468. The lowest BCUT2D eigenvalue weighted by Crippen LogP contribution is -1.96. The molecule has 1 heterocycles. The number of nitrogens with two attached hydrogens (primary N) is 1. The maximum Gasteiger partial charge on any atom is 0.208 e. The van der Waals surface area contributed by atoms with Crippen molar-refractivity contribution >= 4 is 5.69 Å². The summed E-state index contributed by atoms with van der Waals surface area (Å²) in [6.07, 6.45) is 0. The van der Waals surface area contributed by atoms with Gasteiger partial charge in [0.15, 0.2) is 5.75 Å². The summed E-state index contributed by atoms with van der Waals surface area (Å²) in [6, 6.07) is 5.43. The van der Waals surface area contributed by atoms with E-state index in [0.717, 1.165) is 5.56 Å². The Hall–Kier alpha value is -2.11. The van der Waals surface area contributed by atoms with E-state index in [2.05, 4.69) is 15.4 Å². The van der Waals surface area contributed by atoms with Crippen molar-refractivity contribution in [2.45, 2.75) is 0 Å². The number of tetrazole rings is 1. The zero-order chi connectivity index (χ0) is 10.8. The van der Waals surface area contributed by atoms with Crippen LogP contribution in [-0.4, -0.2) is 27.3 Å². The second-order valence-electron chi connectivity index (χ2n) is 3.03. The van der Waals surface area contributed by atoms with Crippen LogP contribution in [0.2, 0.25) is 0 Å². The van der Waals surface area contributed by atoms with Crippen molar-refractivity contribution in [2.75, 3.05) is 12.8 Å². The third-order valence-corrected chi connectivity index (χ3v) is 2.00. The van der Waals surface area contributed by atoms with Crippen LogP contribution in [0.4, 0.5) is 5.69 Å². The first kappa shape index (κ1) is 9.45. The number of para-hydroxylation sites is 1. The molecule has 1 aromatic carbocycles. The first-order chi connectivity index (χ1) is 7.22. The van der Waals surface area contributed by atoms with Crippen molar-refractivity contribution in [1.82, 2.24) is 20.2 Å². The Morgan fingerprint density at radius 2 is 2.20 bits per heavy atom. The number of anilines is 1. The fraction of sp³-hybridized carbons (Fsp3) is 0.222. The molecular formula is C9H11N5O. The summed E-state index contributed by atoms with van der Waals surface area (Å²) in [4.78, 5) is 1.39. The summed E-state index contributed by atoms with van der Waals surface area (Å²) in [5.41, 5.74) is 7.07. The van der Waals surface area contributed by atoms with E-state index in [-0.39, 0.29) is 0 Å². The van der Waals surface area contributed by atoms with Gasteiger partial charge < -0.3 is 10.5 Å². The van der Waals surface area contributed by atoms with Gasteiger partial charge in [0.2, 0.25) is 5.82 Å². The minimum atomic E-state index is 0.502. The summed E-state index contributed by atoms with van der Waals surface area (Å²) < 4.78 is 5.20. The number of nitrogens with zero attached hydrogens (tertiary/aromatic N) is 4. The molecule has 6 heteroatoms. The van der Waals surface area contributed by atoms with Gasteiger partial charge in [-0.15, -0.1) is 10.2 Å². The smallest absolute Gasteiger partial charge is 0.208 e. The normalized spacial score (nSPS) is 10.3. The van der Waals surface area contributed by atoms with Crippen molar-refractivity contribution in [2.24, 2.45) is 7.05 Å². The van der Waals surface area contributed by atoms with Crippen molar-refractivity contribution < 1.29 is 4.74 Å². The lowest BCUT2D eigenvalue weighted by molar-refractivity contribution is 0.418. The van der Waals surface area contributed by atoms with Crippen LogP contribution in [0, 0.1) is 0 Å². The van der Waals surface area contributed by atoms with Crippen LogP contribution < -0.4 is 10.5 Å². The monoisotopic (exact) mass is 205 g/mol. The minimum absolute atomic E-state index is 0.502. The topological polar surface area (TPSA) is 78.9 Å². The molecule has 0 bridgehead atoms. The summed E-state index contributed by atoms with van der Waals surface area (Å²) in [5.74, 6) is 1.08. The quantitative estimate of drug-likeness (QED) is 0.721. The molecule has 0 radical (unpaired) electrons. The standard InChI is InChI=1S/C9H11N5O/c1-14-12-9(11-13-14)6-4-3-5-7(10)8(6)15-2/h3-5H,10H2,1-2H3. The van der Waals surface area contributed by atoms with E-state index in [0.29, 0.717) is 17.3 Å². The molecule has 15 heavy (non-hydrogen) atoms. The van der Waals surface area contributed by atoms with Crippen LogP contribution in [0.1, 0.15) is 0 Å². The van der Waals surface area contributed by atoms with Crippen LogP contribution in [0.5, 0.6) is 5.75 Å². The first-order valence-corrected chi connectivity index (χ1v) is 4.39. The van der Waals surface area contributed by atoms with Crippen LogP contribution in [0.3, 0.4) is 0 Å². The molecule has 2 aromatic rings. The fourth-order valence-corrected chi connectivity index (χ4v) is 1.35. The second-order valence-corrected chi connectivity index (χ2v) is 3.03. The molecular weight excluding hydrogens is 194 g/mol. The molecule has 1 aromatic heterocycles. The molecule has 0 aliphatic carbocycles. The van der Waals surface area contributed by atoms with Crippen LogP contribution in [0.15, 0.2) is 18.2 Å². The molecule has 0 saturated carbocycles. The number of aryl methyl sites for hydroxylation is 1. The Kier molecular flexibility index (Phi) is 2.24. The molecule has 2 N–H and O–H groups in total. The maximum absolute atomic E-state index is 5.77. The van der Waals surface area contributed by atoms with Gasteiger partial charge in [-0.2, -0.15) is 4.80 Å². The number of hydrogen-bond acceptors (Lipinski definition) is 5. The van der Waals surface area contributed by atoms with Crippen LogP contribution in [-0.2, 0) is 7.05 Å². The van der Waals surface area contributed by atoms with Crippen LogP contribution >= 0.6 is 0 Å². The van der Waals surface area contributed by atoms with Crippen molar-refractivity contribution in [3.63, 3.8) is 0 Å². The average molecular weight is 205 g/mol. The summed E-state index contributed by atoms with van der Waals surface area (Å²) in [5, 5.41) is 11.7. The first-order valence-electron chi connectivity index (χ1n) is 4.39. The largest absolute Gasteiger partial charge is 0.494 e. The Bertz CT molecular complexity index is 479. The second kappa shape index (κ2) is 3.56. The third kappa shape index (κ3) is 1.61. The summed E-state index contributed by atoms with van der Waals surface area (Å²) in [7, 11) is 3.26. The SMILES string of the molecule is COc1c(N)cccc1-c1nnn(C)n1. The van der Waals surface area contributed by atoms with Gasteiger partial charge in [-0.25, -0.2) is 0 Å². The highest BCUT2D eigenvalue weighted by Gasteiger charge is 2.12. The van der Waals surface area contributed by atoms with E-state index in [1.807, 2.05) is 12.1 Å². The number of benzene rings is 1. The van der Waals surface area contributed by atoms with E-state index in [4.69, 9.17) is 10.5 Å². The Morgan fingerprint density at radius 3 is 2.80 bits per heavy atom. The number of methoxy groups -OCH3 is 1. The Labute approximate surface area is 86.7 Å². The predicted molar refractivity (Wildman–Crippen MR) is 55.2 cm³/mol. The van der Waals surface area contributed by atoms with Gasteiger partial charge in [0.1, 0.15) is 0 Å². The zero-order valence-corrected chi connectivity index (χ0v) is 8.51. The highest BCUT2D eigenvalue weighted by molar-refractivity contribution is 5.72. The van der Waals surface area contributed by atoms with E-state index in [1.165, 1.54) is 4.80 Å². The van der Waals surface area contributed by atoms with Crippen molar-refractivity contribution in [3.05, 3.63) is 18.2 Å². The number of nitrogen functional groups attached to an aromatic ring is 1. The van der Waals surface area contributed by atoms with Gasteiger partial charge in [0.25, 0.3) is 0 Å².